The third-order valence-corrected chi connectivity index (χ3v) is 7.58. The molecule has 1 N–H and O–H groups in total. The van der Waals surface area contributed by atoms with Crippen LogP contribution in [0.4, 0.5) is 10.2 Å². The van der Waals surface area contributed by atoms with Crippen molar-refractivity contribution in [2.75, 3.05) is 11.4 Å². The summed E-state index contributed by atoms with van der Waals surface area (Å²) in [4.78, 5) is 29.6. The topological polar surface area (TPSA) is 67.2 Å². The van der Waals surface area contributed by atoms with Gasteiger partial charge in [-0.25, -0.2) is 9.07 Å². The second-order valence-corrected chi connectivity index (χ2v) is 10.1. The number of halogens is 1. The van der Waals surface area contributed by atoms with E-state index in [4.69, 9.17) is 5.10 Å². The van der Waals surface area contributed by atoms with Gasteiger partial charge in [-0.15, -0.1) is 0 Å². The molecule has 1 aromatic heterocycles. The summed E-state index contributed by atoms with van der Waals surface area (Å²) >= 11 is 0. The van der Waals surface area contributed by atoms with E-state index >= 15 is 0 Å². The zero-order chi connectivity index (χ0) is 28.5. The Hall–Kier alpha value is -5.04. The van der Waals surface area contributed by atoms with Gasteiger partial charge in [-0.1, -0.05) is 72.8 Å². The Morgan fingerprint density at radius 3 is 2.22 bits per heavy atom. The lowest BCUT2D eigenvalue weighted by molar-refractivity contribution is -0.121. The van der Waals surface area contributed by atoms with Crippen molar-refractivity contribution in [1.29, 1.82) is 0 Å². The van der Waals surface area contributed by atoms with Gasteiger partial charge in [-0.3, -0.25) is 14.5 Å². The van der Waals surface area contributed by atoms with E-state index in [1.54, 1.807) is 27.8 Å². The second-order valence-electron chi connectivity index (χ2n) is 10.1. The summed E-state index contributed by atoms with van der Waals surface area (Å²) in [5.74, 6) is -0.896. The number of fused-ring (bicyclic) bond motifs is 1. The molecule has 0 aliphatic carbocycles. The smallest absolute Gasteiger partial charge is 0.251 e. The van der Waals surface area contributed by atoms with Crippen LogP contribution in [-0.2, 0) is 4.79 Å². The molecular formula is C34H29FN4O2. The average Bonchev–Trinajstić information content (AvgIpc) is 3.35. The minimum absolute atomic E-state index is 0.251. The first kappa shape index (κ1) is 26.2. The quantitative estimate of drug-likeness (QED) is 0.274. The molecule has 1 aliphatic rings. The van der Waals surface area contributed by atoms with Crippen LogP contribution in [0.3, 0.4) is 0 Å². The monoisotopic (exact) mass is 544 g/mol. The molecule has 0 saturated heterocycles. The Kier molecular flexibility index (Phi) is 6.93. The summed E-state index contributed by atoms with van der Waals surface area (Å²) in [6.45, 7) is 4.19. The van der Waals surface area contributed by atoms with E-state index in [0.29, 0.717) is 17.9 Å². The number of nitrogens with zero attached hydrogens (tertiary/aromatic N) is 3. The lowest BCUT2D eigenvalue weighted by atomic mass is 9.81. The van der Waals surface area contributed by atoms with Crippen molar-refractivity contribution < 1.29 is 14.0 Å². The highest BCUT2D eigenvalue weighted by Gasteiger charge is 2.45. The van der Waals surface area contributed by atoms with Gasteiger partial charge < -0.3 is 5.32 Å². The number of para-hydroxylation sites is 1. The third kappa shape index (κ3) is 4.80. The summed E-state index contributed by atoms with van der Waals surface area (Å²) in [5, 5.41) is 7.89. The molecule has 2 heterocycles. The van der Waals surface area contributed by atoms with Crippen LogP contribution in [0, 0.1) is 12.7 Å². The molecule has 0 fully saturated rings. The largest absolute Gasteiger partial charge is 0.339 e. The van der Waals surface area contributed by atoms with Crippen LogP contribution in [0.5, 0.6) is 0 Å². The van der Waals surface area contributed by atoms with Gasteiger partial charge in [-0.05, 0) is 66.9 Å². The Balaban J connectivity index is 1.45. The average molecular weight is 545 g/mol. The first-order valence-electron chi connectivity index (χ1n) is 13.6. The van der Waals surface area contributed by atoms with Gasteiger partial charge >= 0.3 is 0 Å². The minimum Gasteiger partial charge on any atom is -0.339 e. The molecule has 0 spiro atoms. The number of hydrogen-bond acceptors (Lipinski definition) is 3. The number of amides is 2. The highest BCUT2D eigenvalue weighted by molar-refractivity contribution is 6.05. The van der Waals surface area contributed by atoms with E-state index in [1.165, 1.54) is 12.1 Å². The molecule has 1 aliphatic heterocycles. The normalized spacial score (nSPS) is 16.4. The molecule has 6 rings (SSSR count). The number of likely N-dealkylation sites (N-methyl/N-ethyl adjacent to an activating group) is 1. The molecule has 41 heavy (non-hydrogen) atoms. The van der Waals surface area contributed by atoms with Crippen molar-refractivity contribution in [1.82, 2.24) is 15.1 Å². The second kappa shape index (κ2) is 10.8. The lowest BCUT2D eigenvalue weighted by Gasteiger charge is -2.38. The molecule has 2 unspecified atom stereocenters. The van der Waals surface area contributed by atoms with E-state index in [2.05, 4.69) is 5.32 Å². The zero-order valence-corrected chi connectivity index (χ0v) is 22.8. The van der Waals surface area contributed by atoms with Crippen LogP contribution in [0.2, 0.25) is 0 Å². The van der Waals surface area contributed by atoms with Gasteiger partial charge in [0.2, 0.25) is 0 Å². The van der Waals surface area contributed by atoms with Gasteiger partial charge in [0, 0.05) is 23.6 Å². The van der Waals surface area contributed by atoms with Gasteiger partial charge in [0.15, 0.2) is 0 Å². The van der Waals surface area contributed by atoms with Crippen molar-refractivity contribution in [2.45, 2.75) is 25.8 Å². The minimum atomic E-state index is -0.923. The summed E-state index contributed by atoms with van der Waals surface area (Å²) in [6, 6.07) is 32.0. The number of rotatable bonds is 6. The maximum Gasteiger partial charge on any atom is 0.251 e. The molecule has 5 aromatic rings. The van der Waals surface area contributed by atoms with Gasteiger partial charge in [0.05, 0.1) is 11.4 Å². The fourth-order valence-electron chi connectivity index (χ4n) is 5.66. The standard InChI is InChI=1S/C34H29FN4O2/c1-3-38-33-29(22(2)37-39(33)28-15-8-5-9-16-28)30(24-17-19-27(35)20-18-24)31(34(38)41)36-32(40)26-14-10-13-25(21-26)23-11-6-4-7-12-23/h4-21,30-31H,3H2,1-2H3,(H,36,40). The van der Waals surface area contributed by atoms with E-state index in [9.17, 15) is 14.0 Å². The van der Waals surface area contributed by atoms with Crippen LogP contribution in [-0.4, -0.2) is 34.2 Å². The molecule has 6 nitrogen and oxygen atoms in total. The molecule has 4 aromatic carbocycles. The Morgan fingerprint density at radius 2 is 1.54 bits per heavy atom. The van der Waals surface area contributed by atoms with Gasteiger partial charge in [0.1, 0.15) is 17.7 Å². The zero-order valence-electron chi connectivity index (χ0n) is 22.8. The van der Waals surface area contributed by atoms with Gasteiger partial charge in [0.25, 0.3) is 11.8 Å². The number of aromatic nitrogens is 2. The molecule has 204 valence electrons. The summed E-state index contributed by atoms with van der Waals surface area (Å²) in [6.07, 6.45) is 0. The van der Waals surface area contributed by atoms with E-state index in [0.717, 1.165) is 33.6 Å². The molecule has 0 bridgehead atoms. The van der Waals surface area contributed by atoms with E-state index in [1.807, 2.05) is 92.7 Å². The van der Waals surface area contributed by atoms with E-state index < -0.39 is 12.0 Å². The number of aryl methyl sites for hydroxylation is 1. The fraction of sp³-hybridized carbons (Fsp3) is 0.147. The molecule has 2 atom stereocenters. The predicted molar refractivity (Wildman–Crippen MR) is 158 cm³/mol. The third-order valence-electron chi connectivity index (χ3n) is 7.58. The number of carbonyl (C=O) groups is 2. The SMILES string of the molecule is CCN1C(=O)C(NC(=O)c2cccc(-c3ccccc3)c2)C(c2ccc(F)cc2)c2c(C)nn(-c3ccccc3)c21. The van der Waals surface area contributed by atoms with E-state index in [-0.39, 0.29) is 17.6 Å². The Labute approximate surface area is 238 Å². The molecule has 2 amide bonds. The summed E-state index contributed by atoms with van der Waals surface area (Å²) in [5.41, 5.74) is 5.44. The van der Waals surface area contributed by atoms with Crippen molar-refractivity contribution in [3.05, 3.63) is 137 Å². The summed E-state index contributed by atoms with van der Waals surface area (Å²) < 4.78 is 15.8. The number of carbonyl (C=O) groups excluding carboxylic acids is 2. The number of anilines is 1. The Morgan fingerprint density at radius 1 is 0.878 bits per heavy atom. The number of nitrogens with one attached hydrogen (secondary N) is 1. The van der Waals surface area contributed by atoms with Crippen LogP contribution >= 0.6 is 0 Å². The van der Waals surface area contributed by atoms with Crippen LogP contribution in [0.25, 0.3) is 16.8 Å². The summed E-state index contributed by atoms with van der Waals surface area (Å²) in [7, 11) is 0. The lowest BCUT2D eigenvalue weighted by Crippen LogP contribution is -2.55. The van der Waals surface area contributed by atoms with Crippen LogP contribution in [0.1, 0.15) is 40.0 Å². The van der Waals surface area contributed by atoms with Crippen molar-refractivity contribution in [3.8, 4) is 16.8 Å². The first-order valence-corrected chi connectivity index (χ1v) is 13.6. The van der Waals surface area contributed by atoms with Crippen LogP contribution in [0.15, 0.2) is 109 Å². The van der Waals surface area contributed by atoms with Crippen LogP contribution < -0.4 is 10.2 Å². The predicted octanol–water partition coefficient (Wildman–Crippen LogP) is 6.28. The van der Waals surface area contributed by atoms with Crippen molar-refractivity contribution >= 4 is 17.6 Å². The maximum atomic E-state index is 14.2. The number of hydrogen-bond donors (Lipinski definition) is 1. The number of benzene rings is 4. The van der Waals surface area contributed by atoms with Crippen molar-refractivity contribution in [2.24, 2.45) is 0 Å². The molecular weight excluding hydrogens is 515 g/mol. The maximum absolute atomic E-state index is 14.2. The highest BCUT2D eigenvalue weighted by atomic mass is 19.1. The molecule has 0 radical (unpaired) electrons. The first-order chi connectivity index (χ1) is 20.0. The molecule has 7 heteroatoms. The Bertz CT molecular complexity index is 1720. The van der Waals surface area contributed by atoms with Crippen molar-refractivity contribution in [3.63, 3.8) is 0 Å². The van der Waals surface area contributed by atoms with Gasteiger partial charge in [-0.2, -0.15) is 5.10 Å². The highest BCUT2D eigenvalue weighted by Crippen LogP contribution is 2.43. The molecule has 0 saturated carbocycles. The fourth-order valence-corrected chi connectivity index (χ4v) is 5.66.